The van der Waals surface area contributed by atoms with Gasteiger partial charge in [0, 0.05) is 23.4 Å². The molecule has 0 aromatic carbocycles. The van der Waals surface area contributed by atoms with E-state index in [9.17, 15) is 0 Å². The third-order valence-corrected chi connectivity index (χ3v) is 5.84. The standard InChI is InChI=1S/C17H31N3S/c1-5-9-18-16(12-15-13-21-14(3)19-15)17(4,6-2)20-10-7-8-11-20/h13,16,18H,5-12H2,1-4H3. The van der Waals surface area contributed by atoms with Gasteiger partial charge in [-0.3, -0.25) is 4.90 Å². The summed E-state index contributed by atoms with van der Waals surface area (Å²) in [7, 11) is 0. The zero-order chi connectivity index (χ0) is 15.3. The van der Waals surface area contributed by atoms with E-state index in [-0.39, 0.29) is 5.54 Å². The molecule has 21 heavy (non-hydrogen) atoms. The summed E-state index contributed by atoms with van der Waals surface area (Å²) in [6, 6.07) is 0.488. The highest BCUT2D eigenvalue weighted by Crippen LogP contribution is 2.30. The summed E-state index contributed by atoms with van der Waals surface area (Å²) in [6.07, 6.45) is 6.13. The Labute approximate surface area is 134 Å². The number of nitrogens with one attached hydrogen (secondary N) is 1. The molecular formula is C17H31N3S. The minimum absolute atomic E-state index is 0.239. The number of hydrogen-bond acceptors (Lipinski definition) is 4. The van der Waals surface area contributed by atoms with Crippen molar-refractivity contribution in [3.63, 3.8) is 0 Å². The first-order chi connectivity index (χ1) is 10.1. The molecule has 1 aliphatic rings. The van der Waals surface area contributed by atoms with E-state index in [4.69, 9.17) is 4.98 Å². The van der Waals surface area contributed by atoms with Crippen LogP contribution in [0.4, 0.5) is 0 Å². The van der Waals surface area contributed by atoms with Crippen LogP contribution in [-0.2, 0) is 6.42 Å². The van der Waals surface area contributed by atoms with Crippen molar-refractivity contribution < 1.29 is 0 Å². The lowest BCUT2D eigenvalue weighted by molar-refractivity contribution is 0.0837. The summed E-state index contributed by atoms with van der Waals surface area (Å²) in [6.45, 7) is 12.7. The third kappa shape index (κ3) is 4.05. The molecule has 0 bridgehead atoms. The molecule has 0 spiro atoms. The van der Waals surface area contributed by atoms with Crippen LogP contribution in [0.25, 0.3) is 0 Å². The Bertz CT molecular complexity index is 425. The van der Waals surface area contributed by atoms with Gasteiger partial charge in [0.05, 0.1) is 10.7 Å². The Balaban J connectivity index is 2.15. The normalized spacial score (nSPS) is 20.6. The van der Waals surface area contributed by atoms with Gasteiger partial charge in [0.2, 0.25) is 0 Å². The summed E-state index contributed by atoms with van der Waals surface area (Å²) in [5.41, 5.74) is 1.49. The van der Waals surface area contributed by atoms with Crippen molar-refractivity contribution in [3.05, 3.63) is 16.1 Å². The topological polar surface area (TPSA) is 28.2 Å². The van der Waals surface area contributed by atoms with E-state index in [2.05, 4.69) is 43.3 Å². The average molecular weight is 310 g/mol. The van der Waals surface area contributed by atoms with Crippen LogP contribution in [0.2, 0.25) is 0 Å². The molecule has 1 saturated heterocycles. The molecule has 1 N–H and O–H groups in total. The molecule has 2 rings (SSSR count). The molecule has 1 fully saturated rings. The van der Waals surface area contributed by atoms with Gasteiger partial charge in [-0.15, -0.1) is 11.3 Å². The van der Waals surface area contributed by atoms with Gasteiger partial charge in [-0.2, -0.15) is 0 Å². The predicted molar refractivity (Wildman–Crippen MR) is 92.1 cm³/mol. The molecule has 3 nitrogen and oxygen atoms in total. The van der Waals surface area contributed by atoms with Crippen LogP contribution in [0, 0.1) is 6.92 Å². The van der Waals surface area contributed by atoms with Gasteiger partial charge in [0.1, 0.15) is 0 Å². The Morgan fingerprint density at radius 3 is 2.62 bits per heavy atom. The highest BCUT2D eigenvalue weighted by Gasteiger charge is 2.39. The number of rotatable bonds is 8. The number of thiazole rings is 1. The molecule has 4 heteroatoms. The van der Waals surface area contributed by atoms with Crippen LogP contribution in [0.3, 0.4) is 0 Å². The van der Waals surface area contributed by atoms with Crippen LogP contribution >= 0.6 is 11.3 Å². The number of likely N-dealkylation sites (tertiary alicyclic amines) is 1. The Morgan fingerprint density at radius 1 is 1.38 bits per heavy atom. The van der Waals surface area contributed by atoms with E-state index in [0.717, 1.165) is 13.0 Å². The summed E-state index contributed by atoms with van der Waals surface area (Å²) in [4.78, 5) is 7.40. The first-order valence-corrected chi connectivity index (χ1v) is 9.37. The van der Waals surface area contributed by atoms with Crippen LogP contribution in [-0.4, -0.2) is 41.1 Å². The van der Waals surface area contributed by atoms with E-state index in [1.165, 1.54) is 49.5 Å². The molecule has 1 aromatic rings. The summed E-state index contributed by atoms with van der Waals surface area (Å²) in [5, 5.41) is 7.23. The minimum atomic E-state index is 0.239. The summed E-state index contributed by atoms with van der Waals surface area (Å²) >= 11 is 1.77. The maximum atomic E-state index is 4.69. The zero-order valence-electron chi connectivity index (χ0n) is 14.1. The zero-order valence-corrected chi connectivity index (χ0v) is 14.9. The quantitative estimate of drug-likeness (QED) is 0.795. The van der Waals surface area contributed by atoms with Crippen molar-refractivity contribution in [1.29, 1.82) is 0 Å². The van der Waals surface area contributed by atoms with Gasteiger partial charge in [-0.1, -0.05) is 13.8 Å². The fourth-order valence-corrected chi connectivity index (χ4v) is 4.09. The van der Waals surface area contributed by atoms with Gasteiger partial charge in [0.25, 0.3) is 0 Å². The van der Waals surface area contributed by atoms with Crippen molar-refractivity contribution in [1.82, 2.24) is 15.2 Å². The number of hydrogen-bond donors (Lipinski definition) is 1. The SMILES string of the molecule is CCCNC(Cc1csc(C)n1)C(C)(CC)N1CCCC1. The molecule has 0 amide bonds. The van der Waals surface area contributed by atoms with Crippen LogP contribution in [0.5, 0.6) is 0 Å². The first kappa shape index (κ1) is 16.9. The Hall–Kier alpha value is -0.450. The predicted octanol–water partition coefficient (Wildman–Crippen LogP) is 3.63. The molecular weight excluding hydrogens is 278 g/mol. The van der Waals surface area contributed by atoms with E-state index >= 15 is 0 Å². The number of aryl methyl sites for hydroxylation is 1. The highest BCUT2D eigenvalue weighted by atomic mass is 32.1. The van der Waals surface area contributed by atoms with Gasteiger partial charge in [0.15, 0.2) is 0 Å². The smallest absolute Gasteiger partial charge is 0.0897 e. The Morgan fingerprint density at radius 2 is 2.10 bits per heavy atom. The second-order valence-electron chi connectivity index (χ2n) is 6.47. The molecule has 0 aliphatic carbocycles. The monoisotopic (exact) mass is 309 g/mol. The van der Waals surface area contributed by atoms with E-state index < -0.39 is 0 Å². The van der Waals surface area contributed by atoms with Crippen molar-refractivity contribution in [2.45, 2.75) is 71.4 Å². The minimum Gasteiger partial charge on any atom is -0.312 e. The Kier molecular flexibility index (Phi) is 6.20. The second-order valence-corrected chi connectivity index (χ2v) is 7.54. The largest absolute Gasteiger partial charge is 0.312 e. The second kappa shape index (κ2) is 7.70. The molecule has 2 unspecified atom stereocenters. The highest BCUT2D eigenvalue weighted by molar-refractivity contribution is 7.09. The van der Waals surface area contributed by atoms with Gasteiger partial charge in [-0.25, -0.2) is 4.98 Å². The molecule has 0 radical (unpaired) electrons. The lowest BCUT2D eigenvalue weighted by Gasteiger charge is -2.45. The van der Waals surface area contributed by atoms with Crippen LogP contribution < -0.4 is 5.32 Å². The van der Waals surface area contributed by atoms with E-state index in [1.807, 2.05) is 0 Å². The summed E-state index contributed by atoms with van der Waals surface area (Å²) in [5.74, 6) is 0. The van der Waals surface area contributed by atoms with E-state index in [0.29, 0.717) is 6.04 Å². The van der Waals surface area contributed by atoms with Crippen molar-refractivity contribution >= 4 is 11.3 Å². The first-order valence-electron chi connectivity index (χ1n) is 8.49. The lowest BCUT2D eigenvalue weighted by Crippen LogP contribution is -2.59. The van der Waals surface area contributed by atoms with Crippen LogP contribution in [0.1, 0.15) is 57.2 Å². The van der Waals surface area contributed by atoms with Crippen molar-refractivity contribution in [3.8, 4) is 0 Å². The van der Waals surface area contributed by atoms with Gasteiger partial charge in [-0.05, 0) is 59.2 Å². The lowest BCUT2D eigenvalue weighted by atomic mass is 9.84. The van der Waals surface area contributed by atoms with Crippen molar-refractivity contribution in [2.24, 2.45) is 0 Å². The van der Waals surface area contributed by atoms with E-state index in [1.54, 1.807) is 11.3 Å². The fourth-order valence-electron chi connectivity index (χ4n) is 3.46. The fraction of sp³-hybridized carbons (Fsp3) is 0.824. The maximum absolute atomic E-state index is 4.69. The van der Waals surface area contributed by atoms with Gasteiger partial charge < -0.3 is 5.32 Å². The average Bonchev–Trinajstić information content (AvgIpc) is 3.14. The third-order valence-electron chi connectivity index (χ3n) is 5.02. The maximum Gasteiger partial charge on any atom is 0.0897 e. The molecule has 1 aromatic heterocycles. The van der Waals surface area contributed by atoms with Crippen molar-refractivity contribution in [2.75, 3.05) is 19.6 Å². The molecule has 120 valence electrons. The number of nitrogens with zero attached hydrogens (tertiary/aromatic N) is 2. The molecule has 2 atom stereocenters. The molecule has 1 aliphatic heterocycles. The van der Waals surface area contributed by atoms with Crippen LogP contribution in [0.15, 0.2) is 5.38 Å². The molecule has 2 heterocycles. The molecule has 0 saturated carbocycles. The number of aromatic nitrogens is 1. The van der Waals surface area contributed by atoms with Gasteiger partial charge >= 0.3 is 0 Å². The summed E-state index contributed by atoms with van der Waals surface area (Å²) < 4.78 is 0.